The van der Waals surface area contributed by atoms with Gasteiger partial charge in [-0.3, -0.25) is 9.59 Å². The van der Waals surface area contributed by atoms with Crippen molar-refractivity contribution in [2.45, 2.75) is 49.2 Å². The average molecular weight is 451 g/mol. The fourth-order valence-corrected chi connectivity index (χ4v) is 6.13. The van der Waals surface area contributed by atoms with Crippen LogP contribution >= 0.6 is 0 Å². The number of hydrogen-bond donors (Lipinski definition) is 1. The summed E-state index contributed by atoms with van der Waals surface area (Å²) in [6.07, 6.45) is 1.25. The van der Waals surface area contributed by atoms with E-state index in [1.807, 2.05) is 0 Å². The molecule has 31 heavy (non-hydrogen) atoms. The fourth-order valence-electron chi connectivity index (χ4n) is 3.78. The van der Waals surface area contributed by atoms with Gasteiger partial charge in [0, 0.05) is 6.07 Å². The van der Waals surface area contributed by atoms with Crippen molar-refractivity contribution in [1.29, 1.82) is 0 Å². The molecule has 0 saturated heterocycles. The second kappa shape index (κ2) is 8.74. The monoisotopic (exact) mass is 451 g/mol. The molecule has 9 heteroatoms. The van der Waals surface area contributed by atoms with Crippen molar-refractivity contribution in [3.8, 4) is 0 Å². The molecule has 1 saturated carbocycles. The molecule has 0 aromatic heterocycles. The smallest absolute Gasteiger partial charge is 0.328 e. The Morgan fingerprint density at radius 3 is 2.39 bits per heavy atom. The number of nitrogens with one attached hydrogen (secondary N) is 1. The van der Waals surface area contributed by atoms with Crippen molar-refractivity contribution in [1.82, 2.24) is 0 Å². The Morgan fingerprint density at radius 1 is 1.06 bits per heavy atom. The summed E-state index contributed by atoms with van der Waals surface area (Å²) in [6, 6.07) is 7.60. The van der Waals surface area contributed by atoms with Crippen LogP contribution in [-0.4, -0.2) is 31.6 Å². The van der Waals surface area contributed by atoms with Gasteiger partial charge in [-0.1, -0.05) is 25.0 Å². The molecule has 6 nitrogen and oxygen atoms in total. The Hall–Kier alpha value is -2.81. The molecule has 166 valence electrons. The highest BCUT2D eigenvalue weighted by molar-refractivity contribution is 7.93. The highest BCUT2D eigenvalue weighted by atomic mass is 32.2. The van der Waals surface area contributed by atoms with E-state index in [0.29, 0.717) is 24.5 Å². The van der Waals surface area contributed by atoms with Gasteiger partial charge in [0.15, 0.2) is 21.2 Å². The van der Waals surface area contributed by atoms with E-state index in [2.05, 4.69) is 5.32 Å². The van der Waals surface area contributed by atoms with Gasteiger partial charge in [0.1, 0.15) is 11.6 Å². The summed E-state index contributed by atoms with van der Waals surface area (Å²) >= 11 is 0. The van der Waals surface area contributed by atoms with Crippen molar-refractivity contribution in [2.75, 3.05) is 11.9 Å². The van der Waals surface area contributed by atoms with Crippen LogP contribution in [0, 0.1) is 25.5 Å². The number of sulfone groups is 1. The zero-order chi connectivity index (χ0) is 22.8. The number of benzene rings is 2. The first-order valence-electron chi connectivity index (χ1n) is 9.81. The van der Waals surface area contributed by atoms with Crippen LogP contribution in [0.15, 0.2) is 41.3 Å². The third-order valence-corrected chi connectivity index (χ3v) is 8.09. The molecule has 0 spiro atoms. The molecule has 2 aromatic carbocycles. The maximum Gasteiger partial charge on any atom is 0.328 e. The Morgan fingerprint density at radius 2 is 1.74 bits per heavy atom. The van der Waals surface area contributed by atoms with Crippen molar-refractivity contribution < 1.29 is 31.5 Å². The topological polar surface area (TPSA) is 89.5 Å². The summed E-state index contributed by atoms with van der Waals surface area (Å²) in [5.41, 5.74) is 0.988. The molecule has 0 atom stereocenters. The summed E-state index contributed by atoms with van der Waals surface area (Å²) in [5.74, 6) is -3.65. The van der Waals surface area contributed by atoms with Crippen LogP contribution in [0.2, 0.25) is 0 Å². The van der Waals surface area contributed by atoms with Gasteiger partial charge in [-0.25, -0.2) is 17.2 Å². The van der Waals surface area contributed by atoms with Crippen LogP contribution in [0.4, 0.5) is 14.5 Å². The first-order valence-corrected chi connectivity index (χ1v) is 11.3. The Balaban J connectivity index is 1.79. The van der Waals surface area contributed by atoms with Crippen LogP contribution < -0.4 is 5.32 Å². The number of carbonyl (C=O) groups is 2. The lowest BCUT2D eigenvalue weighted by Gasteiger charge is -2.27. The molecule has 0 radical (unpaired) electrons. The number of anilines is 1. The van der Waals surface area contributed by atoms with Crippen LogP contribution in [0.5, 0.6) is 0 Å². The van der Waals surface area contributed by atoms with Crippen LogP contribution in [0.1, 0.15) is 36.8 Å². The summed E-state index contributed by atoms with van der Waals surface area (Å²) < 4.78 is 57.0. The predicted octanol–water partition coefficient (Wildman–Crippen LogP) is 3.85. The Bertz CT molecular complexity index is 1120. The van der Waals surface area contributed by atoms with Gasteiger partial charge in [0.05, 0.1) is 10.6 Å². The standard InChI is InChI=1S/C22H23F2NO5S/c1-14-5-6-15(2)19(11-14)31(28,29)22(9-3-4-10-22)21(27)30-13-20(26)25-18-8-7-16(23)12-17(18)24/h5-8,11-12H,3-4,9-10,13H2,1-2H3,(H,25,26). The second-order valence-corrected chi connectivity index (χ2v) is 9.95. The quantitative estimate of drug-likeness (QED) is 0.674. The normalized spacial score (nSPS) is 15.5. The van der Waals surface area contributed by atoms with Crippen LogP contribution in [-0.2, 0) is 24.2 Å². The maximum atomic E-state index is 13.7. The summed E-state index contributed by atoms with van der Waals surface area (Å²) in [4.78, 5) is 25.1. The van der Waals surface area contributed by atoms with E-state index < -0.39 is 44.7 Å². The molecule has 0 bridgehead atoms. The second-order valence-electron chi connectivity index (χ2n) is 7.72. The highest BCUT2D eigenvalue weighted by Crippen LogP contribution is 2.42. The van der Waals surface area contributed by atoms with E-state index in [9.17, 15) is 26.8 Å². The minimum Gasteiger partial charge on any atom is -0.454 e. The first-order chi connectivity index (χ1) is 14.6. The molecular formula is C22H23F2NO5S. The van der Waals surface area contributed by atoms with E-state index in [-0.39, 0.29) is 23.4 Å². The average Bonchev–Trinajstić information content (AvgIpc) is 3.22. The van der Waals surface area contributed by atoms with Crippen molar-refractivity contribution >= 4 is 27.4 Å². The molecule has 1 amide bonds. The van der Waals surface area contributed by atoms with Gasteiger partial charge in [-0.2, -0.15) is 0 Å². The minimum atomic E-state index is -4.08. The fraction of sp³-hybridized carbons (Fsp3) is 0.364. The molecule has 1 N–H and O–H groups in total. The number of ether oxygens (including phenoxy) is 1. The Kier molecular flexibility index (Phi) is 6.45. The van der Waals surface area contributed by atoms with E-state index in [1.165, 1.54) is 6.07 Å². The van der Waals surface area contributed by atoms with Gasteiger partial charge in [0.2, 0.25) is 0 Å². The number of aryl methyl sites for hydroxylation is 2. The van der Waals surface area contributed by atoms with E-state index in [4.69, 9.17) is 4.74 Å². The summed E-state index contributed by atoms with van der Waals surface area (Å²) in [5, 5.41) is 2.18. The maximum absolute atomic E-state index is 13.7. The summed E-state index contributed by atoms with van der Waals surface area (Å²) in [6.45, 7) is 2.63. The molecule has 1 fully saturated rings. The number of rotatable bonds is 6. The number of carbonyl (C=O) groups excluding carboxylic acids is 2. The molecule has 0 heterocycles. The minimum absolute atomic E-state index is 0.0733. The van der Waals surface area contributed by atoms with Crippen molar-refractivity contribution in [3.63, 3.8) is 0 Å². The molecule has 1 aliphatic carbocycles. The van der Waals surface area contributed by atoms with Crippen LogP contribution in [0.3, 0.4) is 0 Å². The van der Waals surface area contributed by atoms with E-state index >= 15 is 0 Å². The SMILES string of the molecule is Cc1ccc(C)c(S(=O)(=O)C2(C(=O)OCC(=O)Nc3ccc(F)cc3F)CCCC2)c1. The Labute approximate surface area is 179 Å². The lowest BCUT2D eigenvalue weighted by molar-refractivity contribution is -0.149. The molecule has 0 aliphatic heterocycles. The first kappa shape index (κ1) is 22.9. The van der Waals surface area contributed by atoms with Gasteiger partial charge in [-0.05, 0) is 56.0 Å². The van der Waals surface area contributed by atoms with Crippen LogP contribution in [0.25, 0.3) is 0 Å². The van der Waals surface area contributed by atoms with Gasteiger partial charge >= 0.3 is 5.97 Å². The summed E-state index contributed by atoms with van der Waals surface area (Å²) in [7, 11) is -4.08. The molecule has 2 aromatic rings. The zero-order valence-electron chi connectivity index (χ0n) is 17.2. The lowest BCUT2D eigenvalue weighted by Crippen LogP contribution is -2.46. The molecule has 3 rings (SSSR count). The number of esters is 1. The predicted molar refractivity (Wildman–Crippen MR) is 110 cm³/mol. The van der Waals surface area contributed by atoms with E-state index in [0.717, 1.165) is 17.7 Å². The molecular weight excluding hydrogens is 428 g/mol. The van der Waals surface area contributed by atoms with Crippen molar-refractivity contribution in [3.05, 3.63) is 59.2 Å². The lowest BCUT2D eigenvalue weighted by atomic mass is 10.1. The van der Waals surface area contributed by atoms with Gasteiger partial charge < -0.3 is 10.1 Å². The van der Waals surface area contributed by atoms with E-state index in [1.54, 1.807) is 26.0 Å². The number of halogens is 2. The van der Waals surface area contributed by atoms with Gasteiger partial charge in [0.25, 0.3) is 5.91 Å². The molecule has 0 unspecified atom stereocenters. The zero-order valence-corrected chi connectivity index (χ0v) is 18.0. The highest BCUT2D eigenvalue weighted by Gasteiger charge is 2.54. The third kappa shape index (κ3) is 4.46. The number of hydrogen-bond acceptors (Lipinski definition) is 5. The third-order valence-electron chi connectivity index (χ3n) is 5.47. The molecule has 1 aliphatic rings. The number of amides is 1. The van der Waals surface area contributed by atoms with Crippen molar-refractivity contribution in [2.24, 2.45) is 0 Å². The van der Waals surface area contributed by atoms with Gasteiger partial charge in [-0.15, -0.1) is 0 Å². The largest absolute Gasteiger partial charge is 0.454 e.